The maximum Gasteiger partial charge on any atom is 0.217 e. The molecule has 0 fully saturated rings. The van der Waals surface area contributed by atoms with Gasteiger partial charge in [0.2, 0.25) is 5.90 Å². The van der Waals surface area contributed by atoms with Gasteiger partial charge in [0.25, 0.3) is 0 Å². The maximum absolute atomic E-state index is 15.0. The molecule has 0 saturated carbocycles. The molecule has 2 aliphatic rings. The van der Waals surface area contributed by atoms with E-state index in [1.807, 2.05) is 18.3 Å². The number of fused-ring (bicyclic) bond motifs is 6. The van der Waals surface area contributed by atoms with Crippen LogP contribution in [0.25, 0.3) is 27.6 Å². The van der Waals surface area contributed by atoms with Gasteiger partial charge in [-0.3, -0.25) is 9.36 Å². The SMILES string of the molecule is Cc1cc2c(cc1C)[C@@]1(C)N=C(c3cc(C(=O)c4ccc5c6cc(C(C)(C)C)ccc6n(-c6cc(C(C)(C)C)ccn6)c5c4)cc(C(C)(C)C)c3)O[C@@]1(C(C)(C)C)C2. The van der Waals surface area contributed by atoms with Gasteiger partial charge in [0, 0.05) is 45.5 Å². The topological polar surface area (TPSA) is 56.5 Å². The van der Waals surface area contributed by atoms with Gasteiger partial charge in [0.15, 0.2) is 5.78 Å². The van der Waals surface area contributed by atoms with Crippen LogP contribution in [-0.4, -0.2) is 26.8 Å². The molecule has 1 aliphatic heterocycles. The van der Waals surface area contributed by atoms with E-state index in [9.17, 15) is 4.79 Å². The normalized spacial score (nSPS) is 19.7. The van der Waals surface area contributed by atoms with Crippen LogP contribution in [0.3, 0.4) is 0 Å². The van der Waals surface area contributed by atoms with Crippen molar-refractivity contribution in [1.29, 1.82) is 0 Å². The van der Waals surface area contributed by atoms with Crippen molar-refractivity contribution >= 4 is 33.5 Å². The van der Waals surface area contributed by atoms with E-state index >= 15 is 0 Å². The Morgan fingerprint density at radius 2 is 1.31 bits per heavy atom. The first-order valence-corrected chi connectivity index (χ1v) is 21.0. The number of hydrogen-bond donors (Lipinski definition) is 0. The molecule has 5 nitrogen and oxygen atoms in total. The Morgan fingerprint density at radius 3 is 1.97 bits per heavy atom. The number of ether oxygens (including phenoxy) is 1. The van der Waals surface area contributed by atoms with Gasteiger partial charge in [-0.05, 0) is 124 Å². The van der Waals surface area contributed by atoms with E-state index in [0.29, 0.717) is 17.0 Å². The quantitative estimate of drug-likeness (QED) is 0.168. The average Bonchev–Trinajstić information content (AvgIpc) is 3.71. The van der Waals surface area contributed by atoms with Crippen molar-refractivity contribution in [2.75, 3.05) is 0 Å². The second-order valence-electron chi connectivity index (χ2n) is 21.5. The molecule has 0 bridgehead atoms. The summed E-state index contributed by atoms with van der Waals surface area (Å²) in [6, 6.07) is 28.1. The van der Waals surface area contributed by atoms with Crippen LogP contribution in [0.1, 0.15) is 150 Å². The molecule has 8 rings (SSSR count). The molecule has 3 heterocycles. The van der Waals surface area contributed by atoms with Crippen molar-refractivity contribution in [2.45, 2.75) is 138 Å². The lowest BCUT2D eigenvalue weighted by Crippen LogP contribution is -2.54. The molecule has 1 aliphatic carbocycles. The third-order valence-corrected chi connectivity index (χ3v) is 13.3. The zero-order chi connectivity index (χ0) is 42.1. The Kier molecular flexibility index (Phi) is 8.73. The lowest BCUT2D eigenvalue weighted by Gasteiger charge is -2.45. The Labute approximate surface area is 346 Å². The van der Waals surface area contributed by atoms with Crippen molar-refractivity contribution < 1.29 is 9.53 Å². The first-order valence-electron chi connectivity index (χ1n) is 21.0. The standard InChI is InChI=1S/C53H61N3O2/c1-31-22-36-30-53(51(12,13)14)52(15,42(36)23-32(31)2)55-47(58-53)35-24-34(25-39(26-35)50(9,10)11)46(57)33-16-18-40-41-28-37(48(3,4)5)17-19-43(41)56(44(40)27-33)45-29-38(20-21-54-45)49(6,7)8/h16-29H,30H2,1-15H3/t52-,53-/m1/s1. The van der Waals surface area contributed by atoms with Gasteiger partial charge in [-0.15, -0.1) is 0 Å². The Balaban J connectivity index is 1.30. The van der Waals surface area contributed by atoms with Gasteiger partial charge in [-0.1, -0.05) is 113 Å². The van der Waals surface area contributed by atoms with Crippen molar-refractivity contribution in [1.82, 2.24) is 9.55 Å². The van der Waals surface area contributed by atoms with Gasteiger partial charge < -0.3 is 4.74 Å². The van der Waals surface area contributed by atoms with E-state index in [1.165, 1.54) is 33.4 Å². The van der Waals surface area contributed by atoms with E-state index in [4.69, 9.17) is 14.7 Å². The second kappa shape index (κ2) is 12.7. The van der Waals surface area contributed by atoms with Gasteiger partial charge >= 0.3 is 0 Å². The molecule has 0 saturated heterocycles. The highest BCUT2D eigenvalue weighted by Crippen LogP contribution is 2.60. The molecule has 0 unspecified atom stereocenters. The van der Waals surface area contributed by atoms with Crippen molar-refractivity contribution in [3.63, 3.8) is 0 Å². The molecular weight excluding hydrogens is 711 g/mol. The molecule has 4 aromatic carbocycles. The summed E-state index contributed by atoms with van der Waals surface area (Å²) in [5.41, 5.74) is 11.1. The monoisotopic (exact) mass is 771 g/mol. The van der Waals surface area contributed by atoms with E-state index in [2.05, 4.69) is 175 Å². The molecule has 6 aromatic rings. The van der Waals surface area contributed by atoms with Crippen LogP contribution in [-0.2, 0) is 32.9 Å². The van der Waals surface area contributed by atoms with Crippen LogP contribution < -0.4 is 0 Å². The van der Waals surface area contributed by atoms with Gasteiger partial charge in [0.1, 0.15) is 17.0 Å². The minimum Gasteiger partial charge on any atom is -0.467 e. The number of benzene rings is 4. The fourth-order valence-corrected chi connectivity index (χ4v) is 9.45. The number of ketones is 1. The highest BCUT2D eigenvalue weighted by molar-refractivity contribution is 6.15. The number of aromatic nitrogens is 2. The van der Waals surface area contributed by atoms with Crippen molar-refractivity contribution in [3.8, 4) is 5.82 Å². The summed E-state index contributed by atoms with van der Waals surface area (Å²) >= 11 is 0. The molecule has 0 N–H and O–H groups in total. The van der Waals surface area contributed by atoms with Gasteiger partial charge in [0.05, 0.1) is 11.0 Å². The van der Waals surface area contributed by atoms with Crippen LogP contribution in [0, 0.1) is 19.3 Å². The number of rotatable bonds is 4. The van der Waals surface area contributed by atoms with Crippen molar-refractivity contribution in [2.24, 2.45) is 10.4 Å². The van der Waals surface area contributed by atoms with E-state index in [1.54, 1.807) is 0 Å². The number of carbonyl (C=O) groups excluding carboxylic acids is 1. The minimum absolute atomic E-state index is 0.0179. The highest BCUT2D eigenvalue weighted by atomic mass is 16.5. The van der Waals surface area contributed by atoms with Crippen LogP contribution in [0.5, 0.6) is 0 Å². The summed E-state index contributed by atoms with van der Waals surface area (Å²) < 4.78 is 9.48. The zero-order valence-corrected chi connectivity index (χ0v) is 37.4. The Hall–Kier alpha value is -5.03. The first-order chi connectivity index (χ1) is 26.8. The third kappa shape index (κ3) is 6.14. The second-order valence-corrected chi connectivity index (χ2v) is 21.5. The lowest BCUT2D eigenvalue weighted by atomic mass is 9.66. The summed E-state index contributed by atoms with van der Waals surface area (Å²) in [6.45, 7) is 33.4. The summed E-state index contributed by atoms with van der Waals surface area (Å²) in [5, 5.41) is 2.24. The number of hydrogen-bond acceptors (Lipinski definition) is 4. The van der Waals surface area contributed by atoms with E-state index < -0.39 is 11.1 Å². The molecule has 0 amide bonds. The lowest BCUT2D eigenvalue weighted by molar-refractivity contribution is -0.0673. The molecule has 300 valence electrons. The number of aryl methyl sites for hydroxylation is 2. The largest absolute Gasteiger partial charge is 0.467 e. The smallest absolute Gasteiger partial charge is 0.217 e. The fourth-order valence-electron chi connectivity index (χ4n) is 9.45. The summed E-state index contributed by atoms with van der Waals surface area (Å²) in [5.74, 6) is 1.41. The summed E-state index contributed by atoms with van der Waals surface area (Å²) in [6.07, 6.45) is 2.68. The molecule has 0 radical (unpaired) electrons. The van der Waals surface area contributed by atoms with Crippen LogP contribution in [0.2, 0.25) is 0 Å². The molecular formula is C53H61N3O2. The van der Waals surface area contributed by atoms with Crippen LogP contribution >= 0.6 is 0 Å². The molecule has 2 atom stereocenters. The third-order valence-electron chi connectivity index (χ3n) is 13.3. The summed E-state index contributed by atoms with van der Waals surface area (Å²) in [4.78, 5) is 25.4. The number of carbonyl (C=O) groups is 1. The number of pyridine rings is 1. The summed E-state index contributed by atoms with van der Waals surface area (Å²) in [7, 11) is 0. The predicted molar refractivity (Wildman–Crippen MR) is 241 cm³/mol. The Bertz CT molecular complexity index is 2720. The molecule has 58 heavy (non-hydrogen) atoms. The minimum atomic E-state index is -0.583. The van der Waals surface area contributed by atoms with Crippen molar-refractivity contribution in [3.05, 3.63) is 141 Å². The fraction of sp³-hybridized carbons (Fsp3) is 0.415. The molecule has 5 heteroatoms. The zero-order valence-electron chi connectivity index (χ0n) is 37.4. The van der Waals surface area contributed by atoms with E-state index in [0.717, 1.165) is 45.2 Å². The van der Waals surface area contributed by atoms with Gasteiger partial charge in [-0.25, -0.2) is 9.98 Å². The van der Waals surface area contributed by atoms with Gasteiger partial charge in [-0.2, -0.15) is 0 Å². The highest BCUT2D eigenvalue weighted by Gasteiger charge is 2.66. The number of nitrogens with zero attached hydrogens (tertiary/aromatic N) is 3. The predicted octanol–water partition coefficient (Wildman–Crippen LogP) is 13.0. The van der Waals surface area contributed by atoms with E-state index in [-0.39, 0.29) is 27.4 Å². The first kappa shape index (κ1) is 39.8. The van der Waals surface area contributed by atoms with Crippen LogP contribution in [0.15, 0.2) is 90.1 Å². The number of aliphatic imine (C=N–C) groups is 1. The average molecular weight is 772 g/mol. The molecule has 2 aromatic heterocycles. The Morgan fingerprint density at radius 1 is 0.655 bits per heavy atom. The molecule has 0 spiro atoms. The maximum atomic E-state index is 15.0. The van der Waals surface area contributed by atoms with Crippen LogP contribution in [0.4, 0.5) is 0 Å².